The Labute approximate surface area is 156 Å². The molecule has 4 atom stereocenters. The van der Waals surface area contributed by atoms with Crippen LogP contribution in [0.25, 0.3) is 0 Å². The summed E-state index contributed by atoms with van der Waals surface area (Å²) in [5.41, 5.74) is 4.16. The summed E-state index contributed by atoms with van der Waals surface area (Å²) in [4.78, 5) is 0. The lowest BCUT2D eigenvalue weighted by Gasteiger charge is -2.26. The second-order valence-corrected chi connectivity index (χ2v) is 7.02. The Balaban J connectivity index is 3.80. The van der Waals surface area contributed by atoms with E-state index in [1.165, 1.54) is 0 Å². The van der Waals surface area contributed by atoms with E-state index in [1.54, 1.807) is 24.3 Å². The summed E-state index contributed by atoms with van der Waals surface area (Å²) in [7, 11) is 0. The maximum Gasteiger partial charge on any atom is 0.0451 e. The van der Waals surface area contributed by atoms with E-state index in [9.17, 15) is 0 Å². The quantitative estimate of drug-likeness (QED) is 0.300. The van der Waals surface area contributed by atoms with E-state index in [1.807, 2.05) is 12.1 Å². The molecule has 1 rings (SSSR count). The van der Waals surface area contributed by atoms with Crippen LogP contribution in [-0.2, 0) is 0 Å². The molecule has 0 N–H and O–H groups in total. The van der Waals surface area contributed by atoms with Gasteiger partial charge in [-0.3, -0.25) is 0 Å². The Morgan fingerprint density at radius 2 is 0.864 bits per heavy atom. The Bertz CT molecular complexity index is 526. The van der Waals surface area contributed by atoms with Crippen molar-refractivity contribution in [2.45, 2.75) is 21.0 Å². The molecule has 0 aliphatic heterocycles. The van der Waals surface area contributed by atoms with Gasteiger partial charge in [-0.2, -0.15) is 50.5 Å². The Kier molecular flexibility index (Phi) is 8.04. The van der Waals surface area contributed by atoms with Crippen molar-refractivity contribution in [2.75, 3.05) is 0 Å². The number of thiol groups is 4. The predicted octanol–water partition coefficient (Wildman–Crippen LogP) is 6.31. The molecule has 22 heavy (non-hydrogen) atoms. The van der Waals surface area contributed by atoms with E-state index in [2.05, 4.69) is 76.8 Å². The SMILES string of the molecule is C=CC(S)c1ccc(C(S)C=C)c(C(S)C=C)c1C(S)C=C. The molecule has 4 unspecified atom stereocenters. The molecule has 4 heteroatoms. The molecule has 118 valence electrons. The molecule has 0 radical (unpaired) electrons. The molecule has 1 aromatic rings. The lowest BCUT2D eigenvalue weighted by atomic mass is 9.88. The Morgan fingerprint density at radius 1 is 0.591 bits per heavy atom. The van der Waals surface area contributed by atoms with Gasteiger partial charge in [0, 0.05) is 21.0 Å². The number of benzene rings is 1. The van der Waals surface area contributed by atoms with E-state index in [0.29, 0.717) is 0 Å². The van der Waals surface area contributed by atoms with E-state index in [4.69, 9.17) is 0 Å². The first-order chi connectivity index (χ1) is 10.4. The zero-order valence-corrected chi connectivity index (χ0v) is 16.0. The van der Waals surface area contributed by atoms with Crippen molar-refractivity contribution >= 4 is 50.5 Å². The normalized spacial score (nSPS) is 16.2. The van der Waals surface area contributed by atoms with Crippen LogP contribution in [0.3, 0.4) is 0 Å². The van der Waals surface area contributed by atoms with Crippen molar-refractivity contribution in [1.29, 1.82) is 0 Å². The number of hydrogen-bond donors (Lipinski definition) is 4. The van der Waals surface area contributed by atoms with Gasteiger partial charge in [0.25, 0.3) is 0 Å². The second kappa shape index (κ2) is 9.02. The third-order valence-electron chi connectivity index (χ3n) is 3.48. The van der Waals surface area contributed by atoms with Gasteiger partial charge < -0.3 is 0 Å². The maximum absolute atomic E-state index is 4.67. The fourth-order valence-electron chi connectivity index (χ4n) is 2.34. The van der Waals surface area contributed by atoms with Crippen LogP contribution in [0.15, 0.2) is 62.8 Å². The van der Waals surface area contributed by atoms with Gasteiger partial charge in [-0.25, -0.2) is 0 Å². The molecule has 0 amide bonds. The van der Waals surface area contributed by atoms with Crippen LogP contribution in [0, 0.1) is 0 Å². The Morgan fingerprint density at radius 3 is 1.09 bits per heavy atom. The van der Waals surface area contributed by atoms with Gasteiger partial charge >= 0.3 is 0 Å². The first-order valence-electron chi connectivity index (χ1n) is 6.81. The van der Waals surface area contributed by atoms with E-state index >= 15 is 0 Å². The maximum atomic E-state index is 4.67. The largest absolute Gasteiger partial charge is 0.167 e. The van der Waals surface area contributed by atoms with E-state index in [-0.39, 0.29) is 21.0 Å². The van der Waals surface area contributed by atoms with Crippen molar-refractivity contribution in [3.05, 3.63) is 85.0 Å². The molecular weight excluding hydrogens is 344 g/mol. The van der Waals surface area contributed by atoms with Gasteiger partial charge in [-0.15, -0.1) is 26.3 Å². The van der Waals surface area contributed by atoms with Gasteiger partial charge in [-0.1, -0.05) is 36.4 Å². The van der Waals surface area contributed by atoms with Gasteiger partial charge in [0.05, 0.1) is 0 Å². The highest BCUT2D eigenvalue weighted by Crippen LogP contribution is 2.43. The van der Waals surface area contributed by atoms with Gasteiger partial charge in [-0.05, 0) is 22.3 Å². The summed E-state index contributed by atoms with van der Waals surface area (Å²) in [6.07, 6.45) is 7.18. The highest BCUT2D eigenvalue weighted by atomic mass is 32.1. The average molecular weight is 367 g/mol. The minimum absolute atomic E-state index is 0.0927. The molecule has 0 fully saturated rings. The third kappa shape index (κ3) is 4.10. The highest BCUT2D eigenvalue weighted by molar-refractivity contribution is 7.81. The molecule has 0 nitrogen and oxygen atoms in total. The summed E-state index contributed by atoms with van der Waals surface area (Å²) in [5.74, 6) is 0. The summed E-state index contributed by atoms with van der Waals surface area (Å²) in [6.45, 7) is 15.4. The van der Waals surface area contributed by atoms with Crippen molar-refractivity contribution in [3.63, 3.8) is 0 Å². The van der Waals surface area contributed by atoms with Crippen LogP contribution in [0.4, 0.5) is 0 Å². The van der Waals surface area contributed by atoms with Crippen molar-refractivity contribution in [1.82, 2.24) is 0 Å². The minimum Gasteiger partial charge on any atom is -0.167 e. The molecule has 0 heterocycles. The van der Waals surface area contributed by atoms with Crippen LogP contribution in [0.1, 0.15) is 43.3 Å². The lowest BCUT2D eigenvalue weighted by Crippen LogP contribution is -2.08. The first kappa shape index (κ1) is 19.6. The molecule has 0 saturated heterocycles. The molecule has 0 bridgehead atoms. The Hall–Kier alpha value is -0.420. The van der Waals surface area contributed by atoms with Crippen LogP contribution >= 0.6 is 50.5 Å². The number of rotatable bonds is 8. The third-order valence-corrected chi connectivity index (χ3v) is 5.39. The van der Waals surface area contributed by atoms with Gasteiger partial charge in [0.15, 0.2) is 0 Å². The van der Waals surface area contributed by atoms with Crippen LogP contribution in [0.2, 0.25) is 0 Å². The highest BCUT2D eigenvalue weighted by Gasteiger charge is 2.24. The molecule has 0 aliphatic rings. The van der Waals surface area contributed by atoms with Gasteiger partial charge in [0.2, 0.25) is 0 Å². The summed E-state index contributed by atoms with van der Waals surface area (Å²) >= 11 is 18.5. The second-order valence-electron chi connectivity index (χ2n) is 4.79. The van der Waals surface area contributed by atoms with Crippen LogP contribution in [0.5, 0.6) is 0 Å². The fourth-order valence-corrected chi connectivity index (χ4v) is 3.36. The fraction of sp³-hybridized carbons (Fsp3) is 0.222. The summed E-state index contributed by atoms with van der Waals surface area (Å²) < 4.78 is 0. The van der Waals surface area contributed by atoms with E-state index < -0.39 is 0 Å². The van der Waals surface area contributed by atoms with Crippen LogP contribution in [-0.4, -0.2) is 0 Å². The topological polar surface area (TPSA) is 0 Å². The first-order valence-corrected chi connectivity index (χ1v) is 8.88. The van der Waals surface area contributed by atoms with Crippen molar-refractivity contribution < 1.29 is 0 Å². The van der Waals surface area contributed by atoms with Crippen molar-refractivity contribution in [3.8, 4) is 0 Å². The van der Waals surface area contributed by atoms with Gasteiger partial charge in [0.1, 0.15) is 0 Å². The molecule has 0 aromatic heterocycles. The molecular formula is C18H22S4. The summed E-state index contributed by atoms with van der Waals surface area (Å²) in [5, 5.41) is -0.464. The number of hydrogen-bond acceptors (Lipinski definition) is 4. The zero-order valence-electron chi connectivity index (χ0n) is 12.4. The zero-order chi connectivity index (χ0) is 16.9. The standard InChI is InChI=1S/C18H22S4/c1-5-13(19)11-9-10-12(14(20)6-2)18(16(22)8-4)17(11)15(21)7-3/h5-10,13-16,19-22H,1-4H2. The minimum atomic E-state index is -0.139. The predicted molar refractivity (Wildman–Crippen MR) is 114 cm³/mol. The molecule has 0 saturated carbocycles. The smallest absolute Gasteiger partial charge is 0.0451 e. The average Bonchev–Trinajstić information content (AvgIpc) is 2.57. The monoisotopic (exact) mass is 366 g/mol. The van der Waals surface area contributed by atoms with Crippen molar-refractivity contribution in [2.24, 2.45) is 0 Å². The lowest BCUT2D eigenvalue weighted by molar-refractivity contribution is 1.02. The molecule has 0 spiro atoms. The molecule has 1 aromatic carbocycles. The van der Waals surface area contributed by atoms with Crippen LogP contribution < -0.4 is 0 Å². The van der Waals surface area contributed by atoms with E-state index in [0.717, 1.165) is 22.3 Å². The summed E-state index contributed by atoms with van der Waals surface area (Å²) in [6, 6.07) is 4.08. The molecule has 0 aliphatic carbocycles.